The van der Waals surface area contributed by atoms with E-state index in [0.29, 0.717) is 28.0 Å². The first-order valence-electron chi connectivity index (χ1n) is 24.9. The van der Waals surface area contributed by atoms with Crippen LogP contribution in [-0.2, 0) is 16.2 Å². The Morgan fingerprint density at radius 3 is 2.00 bits per heavy atom. The van der Waals surface area contributed by atoms with E-state index in [-0.39, 0.29) is 27.8 Å². The Hall–Kier alpha value is -6.26. The Bertz CT molecular complexity index is 3330. The van der Waals surface area contributed by atoms with Crippen molar-refractivity contribution in [1.82, 2.24) is 14.5 Å². The third-order valence-corrected chi connectivity index (χ3v) is 10.8. The molecule has 0 spiro atoms. The van der Waals surface area contributed by atoms with Crippen molar-refractivity contribution in [3.63, 3.8) is 0 Å². The SMILES string of the molecule is [2H]c1nc(-c2cc(-c3cccc4c3nc(-c3cc(C(C)(C)C)ccc3O)n4-c3ccc(-c4ccccc4)c(C(C)(C)C)c3)cc(C(C)(C)C)c2)c([2H])c(-c2c([2H])c([2H])c(C([2H])([2H])[2H])c([2H])c2[2H])c1[2H]. The molecular weight excluding hydrogens is 719 g/mol. The number of phenols is 1. The van der Waals surface area contributed by atoms with Gasteiger partial charge in [-0.15, -0.1) is 0 Å². The van der Waals surface area contributed by atoms with Gasteiger partial charge in [-0.3, -0.25) is 9.55 Å². The molecule has 8 aromatic rings. The van der Waals surface area contributed by atoms with E-state index >= 15 is 0 Å². The highest BCUT2D eigenvalue weighted by Gasteiger charge is 2.26. The van der Waals surface area contributed by atoms with Crippen LogP contribution in [0.5, 0.6) is 5.75 Å². The lowest BCUT2D eigenvalue weighted by Crippen LogP contribution is -2.14. The molecule has 0 atom stereocenters. The van der Waals surface area contributed by atoms with E-state index in [0.717, 1.165) is 44.6 Å². The lowest BCUT2D eigenvalue weighted by atomic mass is 9.81. The number of nitrogens with zero attached hydrogens (tertiary/aromatic N) is 3. The topological polar surface area (TPSA) is 50.9 Å². The van der Waals surface area contributed by atoms with Crippen LogP contribution in [0.25, 0.3) is 72.7 Å². The Kier molecular flexibility index (Phi) is 7.30. The standard InChI is InChI=1S/C55H55N3O/c1-35-19-21-36(22-20-35)38-27-28-56-48(32-38)40-29-39(30-42(31-40)54(5,6)7)45-17-14-18-49-51(45)57-52(46-33-41(53(2,3)4)23-26-50(46)59)58(49)43-24-25-44(37-15-12-11-13-16-37)47(34-43)55(8,9)10/h11-34,59H,1-10H3/i1D3,19D,20D,21D,22D,27D,28D,32D. The van der Waals surface area contributed by atoms with E-state index in [9.17, 15) is 6.48 Å². The number of imidazole rings is 1. The molecule has 0 unspecified atom stereocenters. The van der Waals surface area contributed by atoms with Gasteiger partial charge in [0.2, 0.25) is 0 Å². The molecule has 0 saturated carbocycles. The highest BCUT2D eigenvalue weighted by atomic mass is 16.3. The molecule has 0 amide bonds. The van der Waals surface area contributed by atoms with Gasteiger partial charge in [0.05, 0.1) is 31.9 Å². The fraction of sp³-hybridized carbons (Fsp3) is 0.236. The highest BCUT2D eigenvalue weighted by molar-refractivity contribution is 5.97. The molecule has 2 heterocycles. The van der Waals surface area contributed by atoms with E-state index in [4.69, 9.17) is 17.3 Å². The van der Waals surface area contributed by atoms with Crippen molar-refractivity contribution >= 4 is 11.0 Å². The summed E-state index contributed by atoms with van der Waals surface area (Å²) < 4.78 is 87.9. The second-order valence-corrected chi connectivity index (χ2v) is 18.3. The molecule has 4 heteroatoms. The summed E-state index contributed by atoms with van der Waals surface area (Å²) in [6.45, 7) is 16.1. The summed E-state index contributed by atoms with van der Waals surface area (Å²) in [6.07, 6.45) is -0.564. The molecule has 59 heavy (non-hydrogen) atoms. The maximum absolute atomic E-state index is 11.7. The van der Waals surface area contributed by atoms with Crippen LogP contribution in [0.1, 0.15) is 98.3 Å². The summed E-state index contributed by atoms with van der Waals surface area (Å²) in [6, 6.07) is 29.9. The quantitative estimate of drug-likeness (QED) is 0.183. The van der Waals surface area contributed by atoms with Crippen molar-refractivity contribution in [3.8, 4) is 67.5 Å². The minimum Gasteiger partial charge on any atom is -0.507 e. The van der Waals surface area contributed by atoms with Gasteiger partial charge in [0, 0.05) is 27.1 Å². The molecule has 0 aliphatic rings. The van der Waals surface area contributed by atoms with Crippen molar-refractivity contribution in [2.75, 3.05) is 0 Å². The lowest BCUT2D eigenvalue weighted by molar-refractivity contribution is 0.475. The monoisotopic (exact) mass is 783 g/mol. The van der Waals surface area contributed by atoms with Gasteiger partial charge in [0.15, 0.2) is 0 Å². The molecule has 0 aliphatic heterocycles. The van der Waals surface area contributed by atoms with Gasteiger partial charge in [0.1, 0.15) is 11.6 Å². The van der Waals surface area contributed by atoms with Crippen molar-refractivity contribution in [2.45, 2.75) is 85.4 Å². The zero-order chi connectivity index (χ0) is 50.4. The predicted octanol–water partition coefficient (Wildman–Crippen LogP) is 14.7. The molecule has 6 aromatic carbocycles. The van der Waals surface area contributed by atoms with Gasteiger partial charge in [0.25, 0.3) is 0 Å². The van der Waals surface area contributed by atoms with Crippen LogP contribution in [-0.4, -0.2) is 19.6 Å². The molecule has 1 N–H and O–H groups in total. The molecule has 0 bridgehead atoms. The van der Waals surface area contributed by atoms with Crippen LogP contribution >= 0.6 is 0 Å². The third-order valence-electron chi connectivity index (χ3n) is 10.8. The molecular formula is C55H55N3O. The minimum atomic E-state index is -2.96. The number of benzene rings is 6. The molecule has 296 valence electrons. The summed E-state index contributed by atoms with van der Waals surface area (Å²) in [5, 5.41) is 11.7. The second-order valence-electron chi connectivity index (χ2n) is 18.3. The first-order valence-corrected chi connectivity index (χ1v) is 19.9. The van der Waals surface area contributed by atoms with E-state index < -0.39 is 65.8 Å². The number of hydrogen-bond acceptors (Lipinski definition) is 3. The largest absolute Gasteiger partial charge is 0.507 e. The average molecular weight is 784 g/mol. The maximum Gasteiger partial charge on any atom is 0.149 e. The van der Waals surface area contributed by atoms with Crippen LogP contribution in [0, 0.1) is 6.85 Å². The zero-order valence-electron chi connectivity index (χ0n) is 45.1. The Morgan fingerprint density at radius 2 is 1.31 bits per heavy atom. The maximum atomic E-state index is 11.7. The third kappa shape index (κ3) is 7.84. The minimum absolute atomic E-state index is 0.0364. The zero-order valence-corrected chi connectivity index (χ0v) is 35.1. The predicted molar refractivity (Wildman–Crippen MR) is 249 cm³/mol. The number of fused-ring (bicyclic) bond motifs is 1. The number of rotatable bonds is 6. The van der Waals surface area contributed by atoms with Crippen molar-refractivity contribution in [2.24, 2.45) is 0 Å². The summed E-state index contributed by atoms with van der Waals surface area (Å²) in [7, 11) is 0. The Balaban J connectivity index is 1.42. The van der Waals surface area contributed by atoms with Crippen LogP contribution in [0.15, 0.2) is 146 Å². The van der Waals surface area contributed by atoms with E-state index in [1.807, 2.05) is 87.5 Å². The molecule has 8 rings (SSSR count). The fourth-order valence-corrected chi connectivity index (χ4v) is 7.49. The van der Waals surface area contributed by atoms with Crippen LogP contribution in [0.3, 0.4) is 0 Å². The fourth-order valence-electron chi connectivity index (χ4n) is 7.49. The van der Waals surface area contributed by atoms with Crippen LogP contribution in [0.2, 0.25) is 0 Å². The summed E-state index contributed by atoms with van der Waals surface area (Å²) >= 11 is 0. The molecule has 4 nitrogen and oxygen atoms in total. The van der Waals surface area contributed by atoms with Crippen LogP contribution in [0.4, 0.5) is 0 Å². The summed E-state index contributed by atoms with van der Waals surface area (Å²) in [5.74, 6) is 0.591. The molecule has 0 aliphatic carbocycles. The molecule has 2 aromatic heterocycles. The molecule has 0 saturated heterocycles. The van der Waals surface area contributed by atoms with Gasteiger partial charge in [-0.25, -0.2) is 4.98 Å². The van der Waals surface area contributed by atoms with E-state index in [2.05, 4.69) is 81.4 Å². The van der Waals surface area contributed by atoms with Gasteiger partial charge >= 0.3 is 0 Å². The average Bonchev–Trinajstić information content (AvgIpc) is 3.66. The summed E-state index contributed by atoms with van der Waals surface area (Å²) in [5.41, 5.74) is 7.15. The second kappa shape index (κ2) is 14.8. The van der Waals surface area contributed by atoms with E-state index in [1.54, 1.807) is 6.07 Å². The number of pyridine rings is 1. The first-order chi connectivity index (χ1) is 32.1. The van der Waals surface area contributed by atoms with Gasteiger partial charge < -0.3 is 5.11 Å². The number of phenolic OH excluding ortho intramolecular Hbond substituents is 1. The Morgan fingerprint density at radius 1 is 0.576 bits per heavy atom. The number of para-hydroxylation sites is 1. The Labute approximate surface area is 364 Å². The van der Waals surface area contributed by atoms with Gasteiger partial charge in [-0.1, -0.05) is 153 Å². The molecule has 0 fully saturated rings. The van der Waals surface area contributed by atoms with E-state index in [1.165, 1.54) is 0 Å². The smallest absolute Gasteiger partial charge is 0.149 e. The number of aromatic nitrogens is 3. The van der Waals surface area contributed by atoms with Crippen molar-refractivity contribution in [1.29, 1.82) is 0 Å². The van der Waals surface area contributed by atoms with Crippen molar-refractivity contribution in [3.05, 3.63) is 168 Å². The lowest BCUT2D eigenvalue weighted by Gasteiger charge is -2.25. The first kappa shape index (κ1) is 29.0. The van der Waals surface area contributed by atoms with Crippen LogP contribution < -0.4 is 0 Å². The van der Waals surface area contributed by atoms with Gasteiger partial charge in [-0.05, 0) is 122 Å². The normalized spacial score (nSPS) is 14.9. The van der Waals surface area contributed by atoms with Gasteiger partial charge in [-0.2, -0.15) is 0 Å². The highest BCUT2D eigenvalue weighted by Crippen LogP contribution is 2.43. The number of hydrogen-bond donors (Lipinski definition) is 1. The molecule has 0 radical (unpaired) electrons. The summed E-state index contributed by atoms with van der Waals surface area (Å²) in [4.78, 5) is 9.86. The van der Waals surface area contributed by atoms with Crippen molar-refractivity contribution < 1.29 is 18.8 Å². The number of aromatic hydroxyl groups is 1.